The average Bonchev–Trinajstić information content (AvgIpc) is 3.70. The molecule has 1 nitrogen and oxygen atoms in total. The van der Waals surface area contributed by atoms with Gasteiger partial charge < -0.3 is 4.42 Å². The van der Waals surface area contributed by atoms with Crippen LogP contribution in [0.3, 0.4) is 0 Å². The lowest BCUT2D eigenvalue weighted by molar-refractivity contribution is 0.669. The molecule has 1 heteroatoms. The molecule has 8 aromatic carbocycles. The maximum atomic E-state index is 6.38. The van der Waals surface area contributed by atoms with Gasteiger partial charge in [0.1, 0.15) is 11.2 Å². The molecule has 0 aliphatic heterocycles. The van der Waals surface area contributed by atoms with Gasteiger partial charge in [-0.15, -0.1) is 0 Å². The molecule has 0 bridgehead atoms. The summed E-state index contributed by atoms with van der Waals surface area (Å²) in [5.74, 6) is 0.322. The molecule has 0 N–H and O–H groups in total. The van der Waals surface area contributed by atoms with Crippen LogP contribution in [0.2, 0.25) is 0 Å². The number of furan rings is 1. The van der Waals surface area contributed by atoms with Crippen molar-refractivity contribution >= 4 is 60.3 Å². The summed E-state index contributed by atoms with van der Waals surface area (Å²) >= 11 is 0. The zero-order valence-corrected chi connectivity index (χ0v) is 26.7. The molecule has 0 saturated heterocycles. The van der Waals surface area contributed by atoms with Crippen molar-refractivity contribution in [2.24, 2.45) is 0 Å². The van der Waals surface area contributed by atoms with Crippen LogP contribution in [0.5, 0.6) is 0 Å². The number of allylic oxidation sites excluding steroid dienone is 1. The van der Waals surface area contributed by atoms with Gasteiger partial charge in [-0.05, 0) is 102 Å². The molecule has 9 aromatic rings. The van der Waals surface area contributed by atoms with Crippen LogP contribution in [0, 0.1) is 0 Å². The van der Waals surface area contributed by atoms with Gasteiger partial charge in [0.15, 0.2) is 0 Å². The molecule has 0 fully saturated rings. The summed E-state index contributed by atoms with van der Waals surface area (Å²) < 4.78 is 6.38. The molecule has 1 aliphatic carbocycles. The van der Waals surface area contributed by atoms with Crippen LogP contribution in [-0.2, 0) is 0 Å². The van der Waals surface area contributed by atoms with E-state index < -0.39 is 0 Å². The molecular formula is C47H32O. The number of rotatable bonds is 4. The van der Waals surface area contributed by atoms with Crippen LogP contribution < -0.4 is 0 Å². The van der Waals surface area contributed by atoms with Crippen molar-refractivity contribution in [2.45, 2.75) is 19.3 Å². The standard InChI is InChI=1S/C47H32O/c1-2-29-25-34-13-5-6-14-36(34)45(29)30-19-21-31(22-20-30)46-37-15-7-9-17-39(37)47(40-18-10-8-16-38(40)46)35-23-24-43-41(27-35)42-26-32-11-3-4-12-33(32)28-44(42)48-43/h3-28,45H,2H2,1H3. The summed E-state index contributed by atoms with van der Waals surface area (Å²) in [6, 6.07) is 55.7. The number of benzene rings is 8. The quantitative estimate of drug-likeness (QED) is 0.180. The Morgan fingerprint density at radius 1 is 0.479 bits per heavy atom. The summed E-state index contributed by atoms with van der Waals surface area (Å²) in [6.07, 6.45) is 3.44. The molecule has 10 rings (SSSR count). The lowest BCUT2D eigenvalue weighted by atomic mass is 9.84. The third-order valence-electron chi connectivity index (χ3n) is 10.5. The Morgan fingerprint density at radius 2 is 1.04 bits per heavy atom. The van der Waals surface area contributed by atoms with Gasteiger partial charge in [0, 0.05) is 16.7 Å². The van der Waals surface area contributed by atoms with Crippen LogP contribution in [0.15, 0.2) is 162 Å². The van der Waals surface area contributed by atoms with Crippen molar-refractivity contribution in [1.29, 1.82) is 0 Å². The van der Waals surface area contributed by atoms with Gasteiger partial charge in [0.05, 0.1) is 0 Å². The summed E-state index contributed by atoms with van der Waals surface area (Å²) in [6.45, 7) is 2.27. The molecule has 0 saturated carbocycles. The van der Waals surface area contributed by atoms with Gasteiger partial charge >= 0.3 is 0 Å². The van der Waals surface area contributed by atoms with Crippen LogP contribution in [0.1, 0.15) is 36.0 Å². The van der Waals surface area contributed by atoms with E-state index in [0.717, 1.165) is 28.4 Å². The summed E-state index contributed by atoms with van der Waals surface area (Å²) in [5, 5.41) is 9.77. The van der Waals surface area contributed by atoms with E-state index in [1.54, 1.807) is 0 Å². The summed E-state index contributed by atoms with van der Waals surface area (Å²) in [4.78, 5) is 0. The molecule has 1 unspecified atom stereocenters. The average molecular weight is 613 g/mol. The Morgan fingerprint density at radius 3 is 1.73 bits per heavy atom. The van der Waals surface area contributed by atoms with Crippen LogP contribution in [0.25, 0.3) is 82.6 Å². The van der Waals surface area contributed by atoms with E-state index in [2.05, 4.69) is 165 Å². The minimum Gasteiger partial charge on any atom is -0.456 e. The Kier molecular flexibility index (Phi) is 5.98. The highest BCUT2D eigenvalue weighted by Crippen LogP contribution is 2.46. The highest BCUT2D eigenvalue weighted by molar-refractivity contribution is 6.22. The normalized spacial score (nSPS) is 14.4. The smallest absolute Gasteiger partial charge is 0.136 e. The minimum absolute atomic E-state index is 0.322. The van der Waals surface area contributed by atoms with E-state index in [1.165, 1.54) is 76.8 Å². The first kappa shape index (κ1) is 27.2. The predicted molar refractivity (Wildman–Crippen MR) is 204 cm³/mol. The van der Waals surface area contributed by atoms with E-state index >= 15 is 0 Å². The Balaban J connectivity index is 1.16. The SMILES string of the molecule is CCC1=Cc2ccccc2C1c1ccc(-c2c3ccccc3c(-c3ccc4oc5cc6ccccc6cc5c4c3)c3ccccc23)cc1. The zero-order chi connectivity index (χ0) is 31.8. The van der Waals surface area contributed by atoms with Crippen molar-refractivity contribution in [3.63, 3.8) is 0 Å². The van der Waals surface area contributed by atoms with Crippen LogP contribution in [0.4, 0.5) is 0 Å². The highest BCUT2D eigenvalue weighted by Gasteiger charge is 2.26. The largest absolute Gasteiger partial charge is 0.456 e. The first-order chi connectivity index (χ1) is 23.7. The second-order valence-electron chi connectivity index (χ2n) is 13.1. The van der Waals surface area contributed by atoms with E-state index in [1.807, 2.05) is 0 Å². The van der Waals surface area contributed by atoms with Crippen molar-refractivity contribution in [2.75, 3.05) is 0 Å². The van der Waals surface area contributed by atoms with Gasteiger partial charge in [0.25, 0.3) is 0 Å². The number of hydrogen-bond donors (Lipinski definition) is 0. The molecular weight excluding hydrogens is 581 g/mol. The monoisotopic (exact) mass is 612 g/mol. The highest BCUT2D eigenvalue weighted by atomic mass is 16.3. The van der Waals surface area contributed by atoms with Crippen molar-refractivity contribution in [3.8, 4) is 22.3 Å². The van der Waals surface area contributed by atoms with Crippen LogP contribution in [-0.4, -0.2) is 0 Å². The third kappa shape index (κ3) is 4.04. The molecule has 226 valence electrons. The Hall–Kier alpha value is -5.92. The van der Waals surface area contributed by atoms with Gasteiger partial charge in [0.2, 0.25) is 0 Å². The van der Waals surface area contributed by atoms with Gasteiger partial charge in [-0.1, -0.05) is 146 Å². The van der Waals surface area contributed by atoms with Gasteiger partial charge in [-0.2, -0.15) is 0 Å². The minimum atomic E-state index is 0.322. The molecule has 1 aliphatic rings. The van der Waals surface area contributed by atoms with E-state index in [0.29, 0.717) is 5.92 Å². The third-order valence-corrected chi connectivity index (χ3v) is 10.5. The van der Waals surface area contributed by atoms with Gasteiger partial charge in [-0.25, -0.2) is 0 Å². The molecule has 0 spiro atoms. The summed E-state index contributed by atoms with van der Waals surface area (Å²) in [7, 11) is 0. The fourth-order valence-electron chi connectivity index (χ4n) is 8.30. The second kappa shape index (κ2) is 10.6. The van der Waals surface area contributed by atoms with E-state index in [-0.39, 0.29) is 0 Å². The second-order valence-corrected chi connectivity index (χ2v) is 13.1. The molecule has 1 heterocycles. The number of fused-ring (bicyclic) bond motifs is 7. The first-order valence-electron chi connectivity index (χ1n) is 16.9. The lowest BCUT2D eigenvalue weighted by Gasteiger charge is -2.19. The van der Waals surface area contributed by atoms with E-state index in [9.17, 15) is 0 Å². The number of hydrogen-bond acceptors (Lipinski definition) is 1. The zero-order valence-electron chi connectivity index (χ0n) is 26.7. The van der Waals surface area contributed by atoms with Crippen molar-refractivity contribution in [1.82, 2.24) is 0 Å². The summed E-state index contributed by atoms with van der Waals surface area (Å²) in [5.41, 5.74) is 12.5. The van der Waals surface area contributed by atoms with Crippen molar-refractivity contribution < 1.29 is 4.42 Å². The maximum absolute atomic E-state index is 6.38. The fourth-order valence-corrected chi connectivity index (χ4v) is 8.30. The molecule has 1 atom stereocenters. The van der Waals surface area contributed by atoms with Crippen molar-refractivity contribution in [3.05, 3.63) is 174 Å². The topological polar surface area (TPSA) is 13.1 Å². The van der Waals surface area contributed by atoms with E-state index in [4.69, 9.17) is 4.42 Å². The lowest BCUT2D eigenvalue weighted by Crippen LogP contribution is -2.01. The molecule has 0 amide bonds. The van der Waals surface area contributed by atoms with Gasteiger partial charge in [-0.3, -0.25) is 0 Å². The van der Waals surface area contributed by atoms with Crippen LogP contribution >= 0.6 is 0 Å². The Labute approximate surface area is 279 Å². The fraction of sp³-hybridized carbons (Fsp3) is 0.0638. The molecule has 1 aromatic heterocycles. The predicted octanol–water partition coefficient (Wildman–Crippen LogP) is 13.3. The molecule has 48 heavy (non-hydrogen) atoms. The molecule has 0 radical (unpaired) electrons. The maximum Gasteiger partial charge on any atom is 0.136 e. The first-order valence-corrected chi connectivity index (χ1v) is 16.9. The Bertz CT molecular complexity index is 2700.